The highest BCUT2D eigenvalue weighted by Gasteiger charge is 2.41. The van der Waals surface area contributed by atoms with Gasteiger partial charge in [-0.2, -0.15) is 0 Å². The molecule has 4 heterocycles. The van der Waals surface area contributed by atoms with Crippen molar-refractivity contribution in [1.82, 2.24) is 19.7 Å². The molecule has 0 radical (unpaired) electrons. The molecule has 1 fully saturated rings. The molecule has 2 aromatic rings. The highest BCUT2D eigenvalue weighted by atomic mass is 16.3. The van der Waals surface area contributed by atoms with Gasteiger partial charge in [-0.05, 0) is 39.7 Å². The van der Waals surface area contributed by atoms with E-state index in [9.17, 15) is 4.79 Å². The van der Waals surface area contributed by atoms with Gasteiger partial charge in [0.2, 0.25) is 0 Å². The van der Waals surface area contributed by atoms with Gasteiger partial charge in [0.05, 0.1) is 11.6 Å². The molecule has 0 aliphatic carbocycles. The molecule has 2 aliphatic heterocycles. The van der Waals surface area contributed by atoms with Crippen LogP contribution < -0.4 is 0 Å². The van der Waals surface area contributed by atoms with Gasteiger partial charge in [-0.3, -0.25) is 4.79 Å². The Bertz CT molecular complexity index is 745. The van der Waals surface area contributed by atoms with Crippen LogP contribution in [0.15, 0.2) is 10.5 Å². The summed E-state index contributed by atoms with van der Waals surface area (Å²) in [6, 6.07) is 2.30. The van der Waals surface area contributed by atoms with E-state index >= 15 is 0 Å². The standard InChI is InChI=1S/C16H20N4O2/c1-9-6-14(10(2)22-9)16(21)20-12-4-5-13(20)8-19-11(3)17-18-15(19)7-12/h6,12-13H,4-5,7-8H2,1-3H3. The molecular weight excluding hydrogens is 280 g/mol. The highest BCUT2D eigenvalue weighted by molar-refractivity contribution is 5.96. The molecule has 2 bridgehead atoms. The van der Waals surface area contributed by atoms with E-state index in [1.807, 2.05) is 26.8 Å². The summed E-state index contributed by atoms with van der Waals surface area (Å²) in [4.78, 5) is 15.1. The van der Waals surface area contributed by atoms with Crippen LogP contribution in [0, 0.1) is 20.8 Å². The number of hydrogen-bond donors (Lipinski definition) is 0. The molecule has 1 amide bonds. The average Bonchev–Trinajstić information content (AvgIpc) is 3.06. The molecule has 2 aliphatic rings. The number of carbonyl (C=O) groups excluding carboxylic acids is 1. The Morgan fingerprint density at radius 2 is 2.00 bits per heavy atom. The number of aryl methyl sites for hydroxylation is 3. The zero-order valence-corrected chi connectivity index (χ0v) is 13.2. The first kappa shape index (κ1) is 13.5. The van der Waals surface area contributed by atoms with Crippen LogP contribution in [0.2, 0.25) is 0 Å². The predicted molar refractivity (Wildman–Crippen MR) is 79.6 cm³/mol. The Hall–Kier alpha value is -2.11. The summed E-state index contributed by atoms with van der Waals surface area (Å²) in [7, 11) is 0. The number of furan rings is 1. The molecule has 1 saturated heterocycles. The van der Waals surface area contributed by atoms with Crippen LogP contribution in [-0.2, 0) is 13.0 Å². The van der Waals surface area contributed by atoms with Gasteiger partial charge >= 0.3 is 0 Å². The Morgan fingerprint density at radius 1 is 1.23 bits per heavy atom. The SMILES string of the molecule is Cc1cc(C(=O)N2C3CCC2Cn2c(C)nnc2C3)c(C)o1. The van der Waals surface area contributed by atoms with Crippen LogP contribution in [-0.4, -0.2) is 37.7 Å². The lowest BCUT2D eigenvalue weighted by molar-refractivity contribution is 0.0663. The molecular formula is C16H20N4O2. The van der Waals surface area contributed by atoms with Crippen molar-refractivity contribution < 1.29 is 9.21 Å². The Labute approximate surface area is 129 Å². The summed E-state index contributed by atoms with van der Waals surface area (Å²) in [5.41, 5.74) is 0.698. The zero-order valence-electron chi connectivity index (χ0n) is 13.2. The van der Waals surface area contributed by atoms with Gasteiger partial charge in [-0.15, -0.1) is 10.2 Å². The van der Waals surface area contributed by atoms with Crippen LogP contribution in [0.5, 0.6) is 0 Å². The minimum atomic E-state index is 0.0956. The molecule has 2 atom stereocenters. The van der Waals surface area contributed by atoms with E-state index in [-0.39, 0.29) is 18.0 Å². The van der Waals surface area contributed by atoms with Gasteiger partial charge in [-0.1, -0.05) is 0 Å². The minimum Gasteiger partial charge on any atom is -0.466 e. The lowest BCUT2D eigenvalue weighted by Crippen LogP contribution is -2.42. The summed E-state index contributed by atoms with van der Waals surface area (Å²) >= 11 is 0. The van der Waals surface area contributed by atoms with E-state index in [0.717, 1.165) is 43.2 Å². The zero-order chi connectivity index (χ0) is 15.4. The maximum Gasteiger partial charge on any atom is 0.257 e. The van der Waals surface area contributed by atoms with Gasteiger partial charge in [0.15, 0.2) is 0 Å². The molecule has 6 heteroatoms. The molecule has 6 nitrogen and oxygen atoms in total. The second-order valence-corrected chi connectivity index (χ2v) is 6.40. The van der Waals surface area contributed by atoms with Gasteiger partial charge in [0.1, 0.15) is 23.2 Å². The Kier molecular flexibility index (Phi) is 2.89. The first-order valence-electron chi connectivity index (χ1n) is 7.83. The minimum absolute atomic E-state index is 0.0956. The van der Waals surface area contributed by atoms with E-state index in [1.165, 1.54) is 0 Å². The van der Waals surface area contributed by atoms with Crippen LogP contribution in [0.25, 0.3) is 0 Å². The molecule has 2 aromatic heterocycles. The van der Waals surface area contributed by atoms with Crippen molar-refractivity contribution in [3.05, 3.63) is 34.8 Å². The van der Waals surface area contributed by atoms with E-state index in [0.29, 0.717) is 11.3 Å². The van der Waals surface area contributed by atoms with Crippen LogP contribution in [0.1, 0.15) is 46.4 Å². The van der Waals surface area contributed by atoms with Gasteiger partial charge < -0.3 is 13.9 Å². The van der Waals surface area contributed by atoms with Crippen LogP contribution in [0.3, 0.4) is 0 Å². The monoisotopic (exact) mass is 300 g/mol. The van der Waals surface area contributed by atoms with E-state index in [2.05, 4.69) is 19.7 Å². The van der Waals surface area contributed by atoms with Crippen LogP contribution in [0.4, 0.5) is 0 Å². The highest BCUT2D eigenvalue weighted by Crippen LogP contribution is 2.33. The molecule has 2 unspecified atom stereocenters. The number of amides is 1. The molecule has 0 aromatic carbocycles. The van der Waals surface area contributed by atoms with Crippen molar-refractivity contribution in [1.29, 1.82) is 0 Å². The fraction of sp³-hybridized carbons (Fsp3) is 0.562. The maximum atomic E-state index is 13.0. The average molecular weight is 300 g/mol. The molecule has 0 N–H and O–H groups in total. The predicted octanol–water partition coefficient (Wildman–Crippen LogP) is 2.03. The summed E-state index contributed by atoms with van der Waals surface area (Å²) in [5, 5.41) is 8.46. The Balaban J connectivity index is 1.69. The first-order valence-corrected chi connectivity index (χ1v) is 7.83. The first-order chi connectivity index (χ1) is 10.5. The molecule has 22 heavy (non-hydrogen) atoms. The topological polar surface area (TPSA) is 64.2 Å². The lowest BCUT2D eigenvalue weighted by Gasteiger charge is -2.27. The summed E-state index contributed by atoms with van der Waals surface area (Å²) in [5.74, 6) is 3.53. The molecule has 4 rings (SSSR count). The quantitative estimate of drug-likeness (QED) is 0.808. The number of fused-ring (bicyclic) bond motifs is 3. The van der Waals surface area contributed by atoms with E-state index in [4.69, 9.17) is 4.42 Å². The largest absolute Gasteiger partial charge is 0.466 e. The van der Waals surface area contributed by atoms with Crippen molar-refractivity contribution in [2.75, 3.05) is 0 Å². The van der Waals surface area contributed by atoms with Crippen molar-refractivity contribution in [3.63, 3.8) is 0 Å². The molecule has 0 spiro atoms. The number of rotatable bonds is 1. The van der Waals surface area contributed by atoms with E-state index < -0.39 is 0 Å². The van der Waals surface area contributed by atoms with Gasteiger partial charge in [0, 0.05) is 19.0 Å². The van der Waals surface area contributed by atoms with E-state index in [1.54, 1.807) is 0 Å². The molecule has 0 saturated carbocycles. The fourth-order valence-electron chi connectivity index (χ4n) is 3.89. The van der Waals surface area contributed by atoms with Gasteiger partial charge in [0.25, 0.3) is 5.91 Å². The van der Waals surface area contributed by atoms with Crippen molar-refractivity contribution in [2.45, 2.75) is 58.7 Å². The third-order valence-electron chi connectivity index (χ3n) is 4.95. The van der Waals surface area contributed by atoms with Crippen molar-refractivity contribution >= 4 is 5.91 Å². The fourth-order valence-corrected chi connectivity index (χ4v) is 3.89. The third kappa shape index (κ3) is 1.90. The number of nitrogens with zero attached hydrogens (tertiary/aromatic N) is 4. The summed E-state index contributed by atoms with van der Waals surface area (Å²) in [6.07, 6.45) is 2.88. The second kappa shape index (κ2) is 4.69. The normalized spacial score (nSPS) is 23.5. The lowest BCUT2D eigenvalue weighted by atomic mass is 10.1. The van der Waals surface area contributed by atoms with Crippen molar-refractivity contribution in [2.24, 2.45) is 0 Å². The smallest absolute Gasteiger partial charge is 0.257 e. The number of aromatic nitrogens is 3. The second-order valence-electron chi connectivity index (χ2n) is 6.40. The molecule has 116 valence electrons. The Morgan fingerprint density at radius 3 is 2.73 bits per heavy atom. The third-order valence-corrected chi connectivity index (χ3v) is 4.95. The van der Waals surface area contributed by atoms with Crippen molar-refractivity contribution in [3.8, 4) is 0 Å². The van der Waals surface area contributed by atoms with Crippen LogP contribution >= 0.6 is 0 Å². The summed E-state index contributed by atoms with van der Waals surface area (Å²) < 4.78 is 7.70. The maximum absolute atomic E-state index is 13.0. The summed E-state index contributed by atoms with van der Waals surface area (Å²) in [6.45, 7) is 6.52. The van der Waals surface area contributed by atoms with Gasteiger partial charge in [-0.25, -0.2) is 0 Å². The number of hydrogen-bond acceptors (Lipinski definition) is 4. The number of carbonyl (C=O) groups is 1.